The highest BCUT2D eigenvalue weighted by atomic mass is 35.5. The Morgan fingerprint density at radius 2 is 2.06 bits per heavy atom. The standard InChI is InChI=1S/C11H9Cl2NO3/c1-2-11(9(15)14-10(16)17-11)7-4-3-6(12)5-8(7)13/h3-5H,2H2,1H3,(H,14,15,16). The number of nitrogens with one attached hydrogen (secondary N) is 1. The average molecular weight is 274 g/mol. The molecule has 1 aromatic rings. The third-order valence-corrected chi connectivity index (χ3v) is 3.26. The molecule has 6 heteroatoms. The Morgan fingerprint density at radius 1 is 1.35 bits per heavy atom. The van der Waals surface area contributed by atoms with Gasteiger partial charge in [-0.2, -0.15) is 0 Å². The van der Waals surface area contributed by atoms with E-state index in [1.807, 2.05) is 0 Å². The summed E-state index contributed by atoms with van der Waals surface area (Å²) in [5.41, 5.74) is -0.909. The summed E-state index contributed by atoms with van der Waals surface area (Å²) in [5, 5.41) is 2.86. The Bertz CT molecular complexity index is 503. The molecule has 1 unspecified atom stereocenters. The predicted octanol–water partition coefficient (Wildman–Crippen LogP) is 2.87. The van der Waals surface area contributed by atoms with Crippen molar-refractivity contribution < 1.29 is 14.3 Å². The number of carbonyl (C=O) groups excluding carboxylic acids is 2. The van der Waals surface area contributed by atoms with Crippen LogP contribution in [0, 0.1) is 0 Å². The molecule has 1 heterocycles. The SMILES string of the molecule is CCC1(c2ccc(Cl)cc2Cl)OC(=O)NC1=O. The fraction of sp³-hybridized carbons (Fsp3) is 0.273. The monoisotopic (exact) mass is 273 g/mol. The van der Waals surface area contributed by atoms with E-state index in [0.29, 0.717) is 22.0 Å². The number of imide groups is 1. The highest BCUT2D eigenvalue weighted by Crippen LogP contribution is 2.38. The number of ether oxygens (including phenoxy) is 1. The quantitative estimate of drug-likeness (QED) is 0.902. The number of amides is 2. The fourth-order valence-electron chi connectivity index (χ4n) is 1.84. The van der Waals surface area contributed by atoms with Gasteiger partial charge in [0.2, 0.25) is 5.60 Å². The van der Waals surface area contributed by atoms with Crippen LogP contribution in [0.25, 0.3) is 0 Å². The minimum Gasteiger partial charge on any atom is -0.427 e. The summed E-state index contributed by atoms with van der Waals surface area (Å²) in [6.07, 6.45) is -0.464. The number of hydrogen-bond donors (Lipinski definition) is 1. The van der Waals surface area contributed by atoms with Gasteiger partial charge in [-0.05, 0) is 18.6 Å². The molecule has 1 N–H and O–H groups in total. The molecule has 1 aromatic carbocycles. The number of carbonyl (C=O) groups is 2. The van der Waals surface area contributed by atoms with E-state index in [1.54, 1.807) is 19.1 Å². The Hall–Kier alpha value is -1.26. The smallest absolute Gasteiger partial charge is 0.415 e. The fourth-order valence-corrected chi connectivity index (χ4v) is 2.40. The third kappa shape index (κ3) is 1.87. The lowest BCUT2D eigenvalue weighted by molar-refractivity contribution is -0.132. The molecule has 0 aliphatic carbocycles. The molecule has 1 aliphatic rings. The van der Waals surface area contributed by atoms with Crippen LogP contribution in [0.15, 0.2) is 18.2 Å². The summed E-state index contributed by atoms with van der Waals surface area (Å²) in [5.74, 6) is -0.505. The van der Waals surface area contributed by atoms with Crippen LogP contribution in [0.5, 0.6) is 0 Å². The zero-order valence-electron chi connectivity index (χ0n) is 8.92. The first-order valence-electron chi connectivity index (χ1n) is 4.99. The molecule has 1 atom stereocenters. The van der Waals surface area contributed by atoms with Crippen LogP contribution < -0.4 is 5.32 Å². The van der Waals surface area contributed by atoms with Gasteiger partial charge in [0.1, 0.15) is 0 Å². The van der Waals surface area contributed by atoms with Gasteiger partial charge in [-0.15, -0.1) is 0 Å². The first-order chi connectivity index (χ1) is 7.99. The molecule has 0 aromatic heterocycles. The first-order valence-corrected chi connectivity index (χ1v) is 5.75. The topological polar surface area (TPSA) is 55.4 Å². The van der Waals surface area contributed by atoms with Crippen molar-refractivity contribution in [1.82, 2.24) is 5.32 Å². The number of halogens is 2. The van der Waals surface area contributed by atoms with Crippen LogP contribution in [-0.2, 0) is 15.1 Å². The molecule has 0 radical (unpaired) electrons. The van der Waals surface area contributed by atoms with Gasteiger partial charge in [-0.3, -0.25) is 10.1 Å². The molecular weight excluding hydrogens is 265 g/mol. The minimum absolute atomic E-state index is 0.296. The largest absolute Gasteiger partial charge is 0.427 e. The van der Waals surface area contributed by atoms with E-state index in [-0.39, 0.29) is 0 Å². The molecule has 90 valence electrons. The second-order valence-electron chi connectivity index (χ2n) is 3.65. The number of alkyl carbamates (subject to hydrolysis) is 1. The van der Waals surface area contributed by atoms with Gasteiger partial charge in [0.15, 0.2) is 0 Å². The molecule has 4 nitrogen and oxygen atoms in total. The lowest BCUT2D eigenvalue weighted by atomic mass is 9.90. The first kappa shape index (κ1) is 12.2. The van der Waals surface area contributed by atoms with E-state index < -0.39 is 17.6 Å². The number of rotatable bonds is 2. The number of cyclic esters (lactones) is 1. The summed E-state index contributed by atoms with van der Waals surface area (Å²) in [6, 6.07) is 4.70. The molecule has 17 heavy (non-hydrogen) atoms. The van der Waals surface area contributed by atoms with Gasteiger partial charge in [-0.1, -0.05) is 36.2 Å². The van der Waals surface area contributed by atoms with Crippen molar-refractivity contribution in [2.24, 2.45) is 0 Å². The van der Waals surface area contributed by atoms with Crippen molar-refractivity contribution in [3.63, 3.8) is 0 Å². The van der Waals surface area contributed by atoms with E-state index >= 15 is 0 Å². The Labute approximate surface area is 108 Å². The van der Waals surface area contributed by atoms with Crippen LogP contribution in [-0.4, -0.2) is 12.0 Å². The molecule has 0 spiro atoms. The van der Waals surface area contributed by atoms with Gasteiger partial charge >= 0.3 is 6.09 Å². The van der Waals surface area contributed by atoms with Gasteiger partial charge in [0, 0.05) is 15.6 Å². The molecule has 2 amide bonds. The molecular formula is C11H9Cl2NO3. The predicted molar refractivity (Wildman–Crippen MR) is 63.1 cm³/mol. The number of benzene rings is 1. The number of hydrogen-bond acceptors (Lipinski definition) is 3. The lowest BCUT2D eigenvalue weighted by Gasteiger charge is -2.24. The second kappa shape index (κ2) is 4.20. The van der Waals surface area contributed by atoms with Crippen molar-refractivity contribution in [1.29, 1.82) is 0 Å². The van der Waals surface area contributed by atoms with Crippen molar-refractivity contribution in [2.45, 2.75) is 18.9 Å². The van der Waals surface area contributed by atoms with Crippen LogP contribution in [0.1, 0.15) is 18.9 Å². The Morgan fingerprint density at radius 3 is 2.53 bits per heavy atom. The molecule has 1 fully saturated rings. The Balaban J connectivity index is 2.56. The van der Waals surface area contributed by atoms with Gasteiger partial charge in [-0.25, -0.2) is 4.79 Å². The van der Waals surface area contributed by atoms with E-state index in [2.05, 4.69) is 5.32 Å². The van der Waals surface area contributed by atoms with E-state index in [4.69, 9.17) is 27.9 Å². The molecule has 0 saturated carbocycles. The van der Waals surface area contributed by atoms with Crippen molar-refractivity contribution in [3.05, 3.63) is 33.8 Å². The average Bonchev–Trinajstić information content (AvgIpc) is 2.54. The normalized spacial score (nSPS) is 23.5. The maximum absolute atomic E-state index is 11.8. The van der Waals surface area contributed by atoms with Crippen molar-refractivity contribution >= 4 is 35.2 Å². The second-order valence-corrected chi connectivity index (χ2v) is 4.49. The zero-order chi connectivity index (χ0) is 12.6. The molecule has 2 rings (SSSR count). The van der Waals surface area contributed by atoms with Gasteiger partial charge in [0.25, 0.3) is 5.91 Å². The van der Waals surface area contributed by atoms with Crippen LogP contribution in [0.3, 0.4) is 0 Å². The molecule has 1 aliphatic heterocycles. The summed E-state index contributed by atoms with van der Waals surface area (Å²) in [6.45, 7) is 1.74. The van der Waals surface area contributed by atoms with Gasteiger partial charge in [0.05, 0.1) is 0 Å². The van der Waals surface area contributed by atoms with E-state index in [1.165, 1.54) is 6.07 Å². The zero-order valence-corrected chi connectivity index (χ0v) is 10.4. The van der Waals surface area contributed by atoms with Crippen molar-refractivity contribution in [3.8, 4) is 0 Å². The summed E-state index contributed by atoms with van der Waals surface area (Å²) >= 11 is 11.8. The minimum atomic E-state index is -1.35. The van der Waals surface area contributed by atoms with Crippen LogP contribution in [0.2, 0.25) is 10.0 Å². The molecule has 0 bridgehead atoms. The van der Waals surface area contributed by atoms with E-state index in [9.17, 15) is 9.59 Å². The highest BCUT2D eigenvalue weighted by molar-refractivity contribution is 6.35. The van der Waals surface area contributed by atoms with Crippen molar-refractivity contribution in [2.75, 3.05) is 0 Å². The van der Waals surface area contributed by atoms with Crippen LogP contribution in [0.4, 0.5) is 4.79 Å². The Kier molecular flexibility index (Phi) is 3.02. The highest BCUT2D eigenvalue weighted by Gasteiger charge is 2.50. The summed E-state index contributed by atoms with van der Waals surface area (Å²) < 4.78 is 5.09. The summed E-state index contributed by atoms with van der Waals surface area (Å²) in [7, 11) is 0. The maximum Gasteiger partial charge on any atom is 0.415 e. The lowest BCUT2D eigenvalue weighted by Crippen LogP contribution is -2.36. The third-order valence-electron chi connectivity index (χ3n) is 2.71. The van der Waals surface area contributed by atoms with Crippen LogP contribution >= 0.6 is 23.2 Å². The summed E-state index contributed by atoms with van der Waals surface area (Å²) in [4.78, 5) is 23.0. The van der Waals surface area contributed by atoms with E-state index in [0.717, 1.165) is 0 Å². The van der Waals surface area contributed by atoms with Gasteiger partial charge < -0.3 is 4.74 Å². The molecule has 1 saturated heterocycles. The maximum atomic E-state index is 11.8.